The number of anilines is 4. The van der Waals surface area contributed by atoms with Crippen LogP contribution in [0.1, 0.15) is 104 Å². The van der Waals surface area contributed by atoms with Crippen molar-refractivity contribution in [3.05, 3.63) is 99.3 Å². The van der Waals surface area contributed by atoms with Crippen LogP contribution in [0, 0.1) is 10.8 Å². The summed E-state index contributed by atoms with van der Waals surface area (Å²) >= 11 is 0. The first kappa shape index (κ1) is 87.2. The van der Waals surface area contributed by atoms with Crippen LogP contribution in [0.2, 0.25) is 0 Å². The molecule has 0 fully saturated rings. The quantitative estimate of drug-likeness (QED) is 0.00568. The highest BCUT2D eigenvalue weighted by Crippen LogP contribution is 2.39. The Hall–Kier alpha value is -13.7. The maximum Gasteiger partial charge on any atom is 0.327 e. The second kappa shape index (κ2) is 41.0. The van der Waals surface area contributed by atoms with Gasteiger partial charge in [-0.15, -0.1) is 0 Å². The number of aromatic amines is 2. The molecule has 0 bridgehead atoms. The molecule has 0 aliphatic heterocycles. The number of carboxylic acid groups (broad SMARTS) is 6. The summed E-state index contributed by atoms with van der Waals surface area (Å²) in [6, 6.07) is -3.70. The molecule has 2 aromatic carbocycles. The fourth-order valence-corrected chi connectivity index (χ4v) is 12.8. The van der Waals surface area contributed by atoms with E-state index >= 15 is 0 Å². The first-order valence-electron chi connectivity index (χ1n) is 33.2. The molecule has 46 nitrogen and oxygen atoms in total. The Balaban J connectivity index is 1.01. The molecule has 0 unspecified atom stereocenters. The van der Waals surface area contributed by atoms with E-state index in [9.17, 15) is 107 Å². The van der Waals surface area contributed by atoms with Crippen molar-refractivity contribution in [2.45, 2.75) is 138 Å². The van der Waals surface area contributed by atoms with E-state index in [0.29, 0.717) is 33.6 Å². The molecular weight excluding hydrogens is 1520 g/mol. The first-order valence-corrected chi connectivity index (χ1v) is 35.6. The molecule has 4 aromatic heterocycles. The smallest absolute Gasteiger partial charge is 0.327 e. The van der Waals surface area contributed by atoms with Crippen molar-refractivity contribution in [2.24, 2.45) is 5.73 Å². The normalized spacial score (nSPS) is 13.2. The number of hydrogen-bond donors (Lipinski definition) is 24. The van der Waals surface area contributed by atoms with Crippen LogP contribution in [-0.2, 0) is 75.4 Å². The Bertz CT molecular complexity index is 4690. The third kappa shape index (κ3) is 27.2. The van der Waals surface area contributed by atoms with Crippen LogP contribution in [0.15, 0.2) is 65.7 Å². The van der Waals surface area contributed by atoms with Crippen molar-refractivity contribution >= 4 is 163 Å². The number of aliphatic carboxylic acids is 6. The second-order valence-corrected chi connectivity index (χ2v) is 27.8. The minimum absolute atomic E-state index is 0.0141. The van der Waals surface area contributed by atoms with Crippen molar-refractivity contribution in [2.75, 3.05) is 34.4 Å². The number of carbonyl (C=O) groups excluding carboxylic acids is 9. The summed E-state index contributed by atoms with van der Waals surface area (Å²) in [4.78, 5) is 236. The molecule has 27 N–H and O–H groups in total. The summed E-state index contributed by atoms with van der Waals surface area (Å²) in [5.41, 5.74) is 17.8. The van der Waals surface area contributed by atoms with E-state index in [-0.39, 0.29) is 83.2 Å². The van der Waals surface area contributed by atoms with Gasteiger partial charge < -0.3 is 116 Å². The van der Waals surface area contributed by atoms with Gasteiger partial charge >= 0.3 is 35.8 Å². The Morgan fingerprint density at radius 2 is 0.982 bits per heavy atom. The molecule has 0 radical (unpaired) electrons. The number of amides is 8. The summed E-state index contributed by atoms with van der Waals surface area (Å²) in [6.45, 7) is 2.72. The number of H-pyrrole nitrogens is 2. The molecule has 598 valence electrons. The predicted molar refractivity (Wildman–Crippen MR) is 393 cm³/mol. The van der Waals surface area contributed by atoms with Crippen LogP contribution >= 0.6 is 21.6 Å². The fraction of sp³-hybridized carbons (Fsp3) is 0.375. The number of rotatable bonds is 45. The minimum atomic E-state index is -2.18. The summed E-state index contributed by atoms with van der Waals surface area (Å²) in [6.07, 6.45) is -3.58. The molecule has 112 heavy (non-hydrogen) atoms. The molecule has 0 saturated heterocycles. The molecule has 0 aliphatic carbocycles. The highest BCUT2D eigenvalue weighted by Gasteiger charge is 2.40. The lowest BCUT2D eigenvalue weighted by Crippen LogP contribution is -2.59. The van der Waals surface area contributed by atoms with Gasteiger partial charge in [-0.3, -0.25) is 68.5 Å². The van der Waals surface area contributed by atoms with Gasteiger partial charge in [0.1, 0.15) is 54.6 Å². The molecule has 8 amide bonds. The van der Waals surface area contributed by atoms with Crippen LogP contribution in [0.3, 0.4) is 0 Å². The molecule has 0 spiro atoms. The van der Waals surface area contributed by atoms with Gasteiger partial charge in [0.2, 0.25) is 47.3 Å². The monoisotopic (exact) mass is 1600 g/mol. The lowest BCUT2D eigenvalue weighted by molar-refractivity contribution is -0.143. The van der Waals surface area contributed by atoms with E-state index < -0.39 is 205 Å². The van der Waals surface area contributed by atoms with Gasteiger partial charge in [-0.05, 0) is 88.1 Å². The number of nitrogens with one attached hydrogen (secondary N) is 15. The van der Waals surface area contributed by atoms with Crippen molar-refractivity contribution in [3.8, 4) is 0 Å². The number of nitrogens with zero attached hydrogens (tertiary/aromatic N) is 6. The fourth-order valence-electron chi connectivity index (χ4n) is 10.0. The lowest BCUT2D eigenvalue weighted by Gasteiger charge is -2.31. The van der Waals surface area contributed by atoms with E-state index in [0.717, 1.165) is 10.8 Å². The molecule has 8 atom stereocenters. The molecule has 0 aliphatic rings. The van der Waals surface area contributed by atoms with Crippen LogP contribution in [0.4, 0.5) is 23.3 Å². The summed E-state index contributed by atoms with van der Waals surface area (Å²) < 4.78 is -1.53. The summed E-state index contributed by atoms with van der Waals surface area (Å²) in [5.74, 6) is -20.6. The van der Waals surface area contributed by atoms with Gasteiger partial charge in [0.05, 0.1) is 54.5 Å². The molecule has 4 heterocycles. The number of carbonyl (C=O) groups is 15. The molecule has 6 rings (SSSR count). The van der Waals surface area contributed by atoms with Crippen molar-refractivity contribution in [1.29, 1.82) is 10.8 Å². The number of benzene rings is 2. The van der Waals surface area contributed by atoms with Crippen LogP contribution < -0.4 is 86.7 Å². The zero-order valence-corrected chi connectivity index (χ0v) is 60.7. The molecule has 6 aromatic rings. The number of aldehydes is 1. The Kier molecular flexibility index (Phi) is 31.9. The number of nitrogens with two attached hydrogens (primary N) is 3. The van der Waals surface area contributed by atoms with Crippen molar-refractivity contribution in [1.82, 2.24) is 87.7 Å². The van der Waals surface area contributed by atoms with Gasteiger partial charge in [0, 0.05) is 54.1 Å². The van der Waals surface area contributed by atoms with Crippen LogP contribution in [0.5, 0.6) is 0 Å². The zero-order valence-electron chi connectivity index (χ0n) is 59.1. The summed E-state index contributed by atoms with van der Waals surface area (Å²) in [7, 11) is 1.39. The number of hydrogen-bond acceptors (Lipinski definition) is 30. The number of nitrogen functional groups attached to an aromatic ring is 2. The van der Waals surface area contributed by atoms with Crippen LogP contribution in [0.25, 0.3) is 22.3 Å². The van der Waals surface area contributed by atoms with E-state index in [2.05, 4.69) is 98.4 Å². The Morgan fingerprint density at radius 1 is 0.545 bits per heavy atom. The average molecular weight is 1600 g/mol. The average Bonchev–Trinajstić information content (AvgIpc) is 0.815. The molecular formula is C64H78N24O22S2. The number of fused-ring (bicyclic) bond motifs is 2. The standard InChI is InChI=1S/C64H78N24O22S2/c1-64(2,46(60(109)110)84-41(91)16-14-36(58(105)106)81-51(97)28-5-9-29(10-6-28)71-22-31-24-73-48-44(75-31)47(65)85-62(68)86-48)112-111-26-39(59(107)108)83-53(99)34(17-19-89)79-55(101)38(21-43(94)95)82-52(98)33(4-3-18-70-61(66)67)78-54(100)37(20-42(92)93)77-40(90)15-13-35(57(103)104)80-50(96)27-7-11-30(12-8-27)72-23-32-25-74-49-45(76-32)56(102)88-63(69)87-49/h5-12,19,24-25,33-39,46,71-72H,3-4,13-18,20-23,26H2,1-2H3,(H,77,90)(H,78,100)(H,79,101)(H,80,96)(H,81,97)(H,82,98)(H,83,99)(H,84,91)(H,92,93)(H,94,95)(H,103,104)(H,105,106)(H,107,108)(H,109,110)(H4,66,67,70)(H4,65,68,73,85,86)(H3,69,74,87,88,102)/t33-,34-,35-,36-,37-,38-,39-,46+/m0/s1. The van der Waals surface area contributed by atoms with Gasteiger partial charge in [0.25, 0.3) is 17.4 Å². The summed E-state index contributed by atoms with van der Waals surface area (Å²) in [5, 5.41) is 101. The molecule has 48 heteroatoms. The minimum Gasteiger partial charge on any atom is -0.481 e. The van der Waals surface area contributed by atoms with Crippen molar-refractivity contribution < 1.29 is 103 Å². The maximum absolute atomic E-state index is 14.0. The number of aromatic nitrogens is 8. The highest BCUT2D eigenvalue weighted by molar-refractivity contribution is 8.77. The lowest BCUT2D eigenvalue weighted by atomic mass is 10.0. The zero-order chi connectivity index (χ0) is 82.7. The highest BCUT2D eigenvalue weighted by atomic mass is 33.1. The van der Waals surface area contributed by atoms with Gasteiger partial charge in [-0.1, -0.05) is 21.6 Å². The maximum atomic E-state index is 14.0. The van der Waals surface area contributed by atoms with E-state index in [1.165, 1.54) is 74.8 Å². The Morgan fingerprint density at radius 3 is 1.46 bits per heavy atom. The number of guanidine groups is 1. The second-order valence-electron chi connectivity index (χ2n) is 24.8. The SMILES string of the molecule is CC(C)(SSC[C@H](NC(=O)[C@H](CC=O)NC(=O)[C@H](CC(=O)O)NC(=O)[C@H](CCCNC(=N)N)NC(=O)[C@H](CC(=O)O)NC(=O)CC[C@H](NC(=O)c1ccc(NCc2cnc3nc(N)[nH]c(=O)c3n2)cc1)C(=O)O)C(=O)O)[C@H](NC(=O)CC[C@H](NC(=O)c1ccc(NCc2cnc3nc(N)[nH]c(=N)c3n2)cc1)C(=O)O)C(=O)O. The predicted octanol–water partition coefficient (Wildman–Crippen LogP) is -4.09. The van der Waals surface area contributed by atoms with Gasteiger partial charge in [-0.2, -0.15) is 9.97 Å². The largest absolute Gasteiger partial charge is 0.481 e. The topological polar surface area (TPSA) is 762 Å². The van der Waals surface area contributed by atoms with Crippen LogP contribution in [-0.4, -0.2) is 231 Å². The van der Waals surface area contributed by atoms with Gasteiger partial charge in [0.15, 0.2) is 33.8 Å². The third-order valence-corrected chi connectivity index (χ3v) is 19.1. The van der Waals surface area contributed by atoms with Gasteiger partial charge in [-0.25, -0.2) is 39.1 Å². The van der Waals surface area contributed by atoms with Crippen molar-refractivity contribution in [3.63, 3.8) is 0 Å². The van der Waals surface area contributed by atoms with E-state index in [4.69, 9.17) is 28.0 Å². The van der Waals surface area contributed by atoms with E-state index in [1.54, 1.807) is 0 Å². The number of carboxylic acids is 6. The Labute approximate surface area is 638 Å². The molecule has 0 saturated carbocycles. The third-order valence-electron chi connectivity index (χ3n) is 15.8. The first-order chi connectivity index (χ1) is 52.9. The van der Waals surface area contributed by atoms with E-state index in [1.807, 2.05) is 0 Å².